The van der Waals surface area contributed by atoms with Crippen LogP contribution in [0.4, 0.5) is 11.4 Å². The van der Waals surface area contributed by atoms with E-state index in [0.717, 1.165) is 11.3 Å². The first-order valence-corrected chi connectivity index (χ1v) is 9.88. The van der Waals surface area contributed by atoms with Crippen LogP contribution in [0.15, 0.2) is 47.4 Å². The van der Waals surface area contributed by atoms with Gasteiger partial charge in [-0.1, -0.05) is 6.92 Å². The van der Waals surface area contributed by atoms with Gasteiger partial charge in [0.2, 0.25) is 5.91 Å². The Kier molecular flexibility index (Phi) is 4.91. The number of sulfonamides is 1. The summed E-state index contributed by atoms with van der Waals surface area (Å²) in [5.74, 6) is 0.715. The van der Waals surface area contributed by atoms with Gasteiger partial charge < -0.3 is 9.64 Å². The molecule has 0 aromatic heterocycles. The monoisotopic (exact) mass is 374 g/mol. The van der Waals surface area contributed by atoms with Gasteiger partial charge >= 0.3 is 0 Å². The molecule has 7 heteroatoms. The van der Waals surface area contributed by atoms with Crippen molar-refractivity contribution in [2.24, 2.45) is 0 Å². The number of amides is 1. The summed E-state index contributed by atoms with van der Waals surface area (Å²) in [6.45, 7) is 2.42. The molecule has 1 aliphatic rings. The Labute approximate surface area is 154 Å². The van der Waals surface area contributed by atoms with Crippen LogP contribution >= 0.6 is 0 Å². The number of carbonyl (C=O) groups is 1. The maximum Gasteiger partial charge on any atom is 0.264 e. The molecule has 0 spiro atoms. The number of hydrogen-bond donors (Lipinski definition) is 0. The maximum absolute atomic E-state index is 13.0. The van der Waals surface area contributed by atoms with Crippen molar-refractivity contribution in [1.82, 2.24) is 0 Å². The van der Waals surface area contributed by atoms with E-state index in [1.165, 1.54) is 11.4 Å². The lowest BCUT2D eigenvalue weighted by molar-refractivity contribution is -0.118. The van der Waals surface area contributed by atoms with Gasteiger partial charge in [0.25, 0.3) is 10.0 Å². The molecule has 0 radical (unpaired) electrons. The van der Waals surface area contributed by atoms with Crippen molar-refractivity contribution in [1.29, 1.82) is 0 Å². The van der Waals surface area contributed by atoms with Gasteiger partial charge in [-0.25, -0.2) is 8.42 Å². The van der Waals surface area contributed by atoms with E-state index in [9.17, 15) is 13.2 Å². The molecule has 6 nitrogen and oxygen atoms in total. The minimum atomic E-state index is -3.69. The van der Waals surface area contributed by atoms with Crippen molar-refractivity contribution < 1.29 is 17.9 Å². The molecule has 138 valence electrons. The van der Waals surface area contributed by atoms with Crippen LogP contribution in [-0.2, 0) is 21.2 Å². The molecule has 1 heterocycles. The smallest absolute Gasteiger partial charge is 0.264 e. The van der Waals surface area contributed by atoms with E-state index < -0.39 is 10.0 Å². The third kappa shape index (κ3) is 3.14. The van der Waals surface area contributed by atoms with E-state index >= 15 is 0 Å². The largest absolute Gasteiger partial charge is 0.497 e. The van der Waals surface area contributed by atoms with Crippen LogP contribution in [0.5, 0.6) is 5.75 Å². The molecule has 3 rings (SSSR count). The van der Waals surface area contributed by atoms with Crippen LogP contribution in [-0.4, -0.2) is 35.0 Å². The molecule has 1 amide bonds. The summed E-state index contributed by atoms with van der Waals surface area (Å²) in [4.78, 5) is 13.9. The van der Waals surface area contributed by atoms with E-state index in [0.29, 0.717) is 30.8 Å². The van der Waals surface area contributed by atoms with Crippen molar-refractivity contribution >= 4 is 27.3 Å². The molecule has 0 aliphatic carbocycles. The second-order valence-electron chi connectivity index (χ2n) is 6.11. The Morgan fingerprint density at radius 3 is 2.50 bits per heavy atom. The molecular formula is C19H22N2O4S. The second kappa shape index (κ2) is 6.99. The Morgan fingerprint density at radius 1 is 1.19 bits per heavy atom. The van der Waals surface area contributed by atoms with Crippen molar-refractivity contribution in [3.05, 3.63) is 48.0 Å². The quantitative estimate of drug-likeness (QED) is 0.807. The summed E-state index contributed by atoms with van der Waals surface area (Å²) >= 11 is 0. The normalized spacial score (nSPS) is 13.4. The highest BCUT2D eigenvalue weighted by Crippen LogP contribution is 2.32. The molecule has 1 aliphatic heterocycles. The Balaban J connectivity index is 1.91. The summed E-state index contributed by atoms with van der Waals surface area (Å²) in [6.07, 6.45) is 1.09. The minimum Gasteiger partial charge on any atom is -0.497 e. The minimum absolute atomic E-state index is 0.0507. The summed E-state index contributed by atoms with van der Waals surface area (Å²) in [7, 11) is -0.600. The third-order valence-corrected chi connectivity index (χ3v) is 6.43. The van der Waals surface area contributed by atoms with Gasteiger partial charge in [-0.15, -0.1) is 0 Å². The molecule has 2 aromatic rings. The molecule has 26 heavy (non-hydrogen) atoms. The van der Waals surface area contributed by atoms with Gasteiger partial charge in [0, 0.05) is 25.7 Å². The zero-order valence-corrected chi connectivity index (χ0v) is 15.9. The number of benzene rings is 2. The maximum atomic E-state index is 13.0. The van der Waals surface area contributed by atoms with Gasteiger partial charge in [-0.3, -0.25) is 9.10 Å². The topological polar surface area (TPSA) is 66.9 Å². The highest BCUT2D eigenvalue weighted by molar-refractivity contribution is 7.92. The van der Waals surface area contributed by atoms with Crippen molar-refractivity contribution in [2.75, 3.05) is 29.9 Å². The number of methoxy groups -OCH3 is 1. The van der Waals surface area contributed by atoms with Crippen molar-refractivity contribution in [3.8, 4) is 5.75 Å². The molecule has 0 N–H and O–H groups in total. The number of hydrogen-bond acceptors (Lipinski definition) is 4. The van der Waals surface area contributed by atoms with Crippen molar-refractivity contribution in [2.45, 2.75) is 24.7 Å². The van der Waals surface area contributed by atoms with E-state index in [4.69, 9.17) is 4.74 Å². The van der Waals surface area contributed by atoms with E-state index in [1.54, 1.807) is 54.5 Å². The zero-order chi connectivity index (χ0) is 18.9. The number of nitrogens with zero attached hydrogens (tertiary/aromatic N) is 2. The molecular weight excluding hydrogens is 352 g/mol. The van der Waals surface area contributed by atoms with Crippen LogP contribution < -0.4 is 13.9 Å². The first-order chi connectivity index (χ1) is 12.4. The first-order valence-electron chi connectivity index (χ1n) is 8.44. The first kappa shape index (κ1) is 18.3. The number of fused-ring (bicyclic) bond motifs is 1. The van der Waals surface area contributed by atoms with Gasteiger partial charge in [-0.2, -0.15) is 0 Å². The Hall–Kier alpha value is -2.54. The lowest BCUT2D eigenvalue weighted by Gasteiger charge is -2.21. The van der Waals surface area contributed by atoms with Crippen LogP contribution in [0.1, 0.15) is 18.9 Å². The van der Waals surface area contributed by atoms with Gasteiger partial charge in [0.1, 0.15) is 5.75 Å². The van der Waals surface area contributed by atoms with Crippen LogP contribution in [0.25, 0.3) is 0 Å². The van der Waals surface area contributed by atoms with Gasteiger partial charge in [0.15, 0.2) is 0 Å². The molecule has 0 saturated carbocycles. The number of ether oxygens (including phenoxy) is 1. The fraction of sp³-hybridized carbons (Fsp3) is 0.316. The van der Waals surface area contributed by atoms with Crippen LogP contribution in [0, 0.1) is 0 Å². The van der Waals surface area contributed by atoms with E-state index in [1.807, 2.05) is 6.92 Å². The average Bonchev–Trinajstić information content (AvgIpc) is 3.10. The second-order valence-corrected chi connectivity index (χ2v) is 8.08. The Morgan fingerprint density at radius 2 is 1.88 bits per heavy atom. The number of carbonyl (C=O) groups excluding carboxylic acids is 1. The lowest BCUT2D eigenvalue weighted by atomic mass is 10.2. The highest BCUT2D eigenvalue weighted by Gasteiger charge is 2.27. The number of rotatable bonds is 5. The fourth-order valence-electron chi connectivity index (χ4n) is 3.08. The average molecular weight is 374 g/mol. The highest BCUT2D eigenvalue weighted by atomic mass is 32.2. The van der Waals surface area contributed by atoms with E-state index in [-0.39, 0.29) is 10.8 Å². The van der Waals surface area contributed by atoms with Crippen LogP contribution in [0.2, 0.25) is 0 Å². The summed E-state index contributed by atoms with van der Waals surface area (Å²) < 4.78 is 32.3. The molecule has 0 saturated heterocycles. The molecule has 2 aromatic carbocycles. The molecule has 0 bridgehead atoms. The van der Waals surface area contributed by atoms with Gasteiger partial charge in [-0.05, 0) is 54.4 Å². The standard InChI is InChI=1S/C19H22N2O4S/c1-4-19(22)21-12-11-14-13-17(9-10-18(14)21)26(23,24)20(2)15-5-7-16(25-3)8-6-15/h5-10,13H,4,11-12H2,1-3H3. The SMILES string of the molecule is CCC(=O)N1CCc2cc(S(=O)(=O)N(C)c3ccc(OC)cc3)ccc21. The summed E-state index contributed by atoms with van der Waals surface area (Å²) in [5.41, 5.74) is 2.24. The fourth-order valence-corrected chi connectivity index (χ4v) is 4.32. The molecule has 0 fully saturated rings. The Bertz CT molecular complexity index is 923. The summed E-state index contributed by atoms with van der Waals surface area (Å²) in [5, 5.41) is 0. The number of anilines is 2. The van der Waals surface area contributed by atoms with E-state index in [2.05, 4.69) is 0 Å². The van der Waals surface area contributed by atoms with Gasteiger partial charge in [0.05, 0.1) is 17.7 Å². The summed E-state index contributed by atoms with van der Waals surface area (Å²) in [6, 6.07) is 11.8. The van der Waals surface area contributed by atoms with Crippen LogP contribution in [0.3, 0.4) is 0 Å². The predicted octanol–water partition coefficient (Wildman–Crippen LogP) is 2.82. The molecule has 0 atom stereocenters. The third-order valence-electron chi connectivity index (χ3n) is 4.64. The van der Waals surface area contributed by atoms with Crippen molar-refractivity contribution in [3.63, 3.8) is 0 Å². The molecule has 0 unspecified atom stereocenters. The predicted molar refractivity (Wildman–Crippen MR) is 101 cm³/mol. The lowest BCUT2D eigenvalue weighted by Crippen LogP contribution is -2.28. The zero-order valence-electron chi connectivity index (χ0n) is 15.1.